The monoisotopic (exact) mass is 182 g/mol. The van der Waals surface area contributed by atoms with Crippen molar-refractivity contribution in [2.75, 3.05) is 14.1 Å². The molecule has 3 heteroatoms. The molecule has 0 unspecified atom stereocenters. The summed E-state index contributed by atoms with van der Waals surface area (Å²) in [4.78, 5) is 1.27. The number of rotatable bonds is 3. The van der Waals surface area contributed by atoms with E-state index in [0.29, 0.717) is 0 Å². The normalized spacial score (nSPS) is 11.8. The minimum Gasteiger partial charge on any atom is -0.303 e. The van der Waals surface area contributed by atoms with Gasteiger partial charge in [-0.25, -0.2) is 0 Å². The smallest absolute Gasteiger partial charge is 0.0774 e. The summed E-state index contributed by atoms with van der Waals surface area (Å²) in [7, 11) is 3.90. The zero-order chi connectivity index (χ0) is 8.97. The molecule has 0 radical (unpaired) electrons. The lowest BCUT2D eigenvalue weighted by Crippen LogP contribution is -2.08. The number of hydrogen-bond donors (Lipinski definition) is 0. The molecule has 0 spiro atoms. The van der Waals surface area contributed by atoms with E-state index < -0.39 is 0 Å². The van der Waals surface area contributed by atoms with E-state index in [-0.39, 0.29) is 0 Å². The minimum atomic E-state index is 0.985. The third-order valence-electron chi connectivity index (χ3n) is 1.46. The molecule has 0 N–H and O–H groups in total. The average molecular weight is 182 g/mol. The van der Waals surface area contributed by atoms with Crippen LogP contribution in [0.5, 0.6) is 0 Å². The Morgan fingerprint density at radius 2 is 2.33 bits per heavy atom. The second kappa shape index (κ2) is 4.26. The molecule has 0 aliphatic heterocycles. The summed E-state index contributed by atoms with van der Waals surface area (Å²) in [5, 5.41) is 8.32. The molecule has 0 amide bonds. The average Bonchev–Trinajstić information content (AvgIpc) is 2.51. The first-order valence-corrected chi connectivity index (χ1v) is 4.90. The second-order valence-corrected chi connectivity index (χ2v) is 3.67. The number of nitrogens with zero attached hydrogens (tertiary/aromatic N) is 2. The Labute approximate surface area is 77.5 Å². The Kier molecular flexibility index (Phi) is 3.29. The summed E-state index contributed by atoms with van der Waals surface area (Å²) in [6.45, 7) is 2.13. The van der Waals surface area contributed by atoms with Crippen LogP contribution in [0.4, 0.5) is 0 Å². The van der Waals surface area contributed by atoms with Gasteiger partial charge in [-0.2, -0.15) is 5.10 Å². The van der Waals surface area contributed by atoms with E-state index in [1.165, 1.54) is 4.88 Å². The van der Waals surface area contributed by atoms with Crippen molar-refractivity contribution in [3.8, 4) is 0 Å². The Morgan fingerprint density at radius 3 is 2.75 bits per heavy atom. The largest absolute Gasteiger partial charge is 0.303 e. The van der Waals surface area contributed by atoms with E-state index >= 15 is 0 Å². The molecule has 0 aromatic carbocycles. The molecule has 1 aromatic heterocycles. The van der Waals surface area contributed by atoms with Gasteiger partial charge in [-0.05, 0) is 17.9 Å². The Balaban J connectivity index is 2.83. The summed E-state index contributed by atoms with van der Waals surface area (Å²) < 4.78 is 0. The summed E-state index contributed by atoms with van der Waals surface area (Å²) in [5.41, 5.74) is 1.16. The molecule has 0 bridgehead atoms. The summed E-state index contributed by atoms with van der Waals surface area (Å²) in [6, 6.07) is 4.16. The predicted molar refractivity (Wildman–Crippen MR) is 54.8 cm³/mol. The fraction of sp³-hybridized carbons (Fsp3) is 0.444. The minimum absolute atomic E-state index is 0.985. The van der Waals surface area contributed by atoms with Crippen molar-refractivity contribution in [3.63, 3.8) is 0 Å². The van der Waals surface area contributed by atoms with Crippen molar-refractivity contribution in [3.05, 3.63) is 22.4 Å². The topological polar surface area (TPSA) is 15.6 Å². The first-order valence-electron chi connectivity index (χ1n) is 4.02. The zero-order valence-electron chi connectivity index (χ0n) is 7.74. The van der Waals surface area contributed by atoms with Crippen LogP contribution in [0.2, 0.25) is 0 Å². The maximum Gasteiger partial charge on any atom is 0.0774 e. The van der Waals surface area contributed by atoms with Crippen LogP contribution in [0.3, 0.4) is 0 Å². The molecule has 1 aromatic rings. The third-order valence-corrected chi connectivity index (χ3v) is 2.38. The molecule has 2 nitrogen and oxygen atoms in total. The van der Waals surface area contributed by atoms with Crippen molar-refractivity contribution in [1.29, 1.82) is 0 Å². The SMILES string of the molecule is CC/C(=N/N(C)C)c1cccs1. The first kappa shape index (κ1) is 9.26. The standard InChI is InChI=1S/C9H14N2S/c1-4-8(10-11(2)3)9-6-5-7-12-9/h5-7H,4H2,1-3H3/b10-8-. The Morgan fingerprint density at radius 1 is 1.58 bits per heavy atom. The third kappa shape index (κ3) is 2.34. The van der Waals surface area contributed by atoms with E-state index in [1.807, 2.05) is 19.1 Å². The lowest BCUT2D eigenvalue weighted by atomic mass is 10.2. The van der Waals surface area contributed by atoms with Crippen LogP contribution in [0.25, 0.3) is 0 Å². The fourth-order valence-electron chi connectivity index (χ4n) is 0.978. The summed E-state index contributed by atoms with van der Waals surface area (Å²) in [5.74, 6) is 0. The van der Waals surface area contributed by atoms with Gasteiger partial charge in [0.25, 0.3) is 0 Å². The molecule has 0 saturated carbocycles. The second-order valence-electron chi connectivity index (χ2n) is 2.72. The van der Waals surface area contributed by atoms with Gasteiger partial charge in [0.05, 0.1) is 10.6 Å². The highest BCUT2D eigenvalue weighted by molar-refractivity contribution is 7.12. The van der Waals surface area contributed by atoms with E-state index in [2.05, 4.69) is 29.5 Å². The van der Waals surface area contributed by atoms with Crippen molar-refractivity contribution in [1.82, 2.24) is 5.01 Å². The van der Waals surface area contributed by atoms with Gasteiger partial charge in [0, 0.05) is 14.1 Å². The van der Waals surface area contributed by atoms with Crippen molar-refractivity contribution in [2.45, 2.75) is 13.3 Å². The van der Waals surface area contributed by atoms with Gasteiger partial charge in [0.1, 0.15) is 0 Å². The molecule has 0 fully saturated rings. The summed E-state index contributed by atoms with van der Waals surface area (Å²) >= 11 is 1.74. The van der Waals surface area contributed by atoms with Crippen LogP contribution in [0.15, 0.2) is 22.6 Å². The molecule has 0 atom stereocenters. The molecule has 12 heavy (non-hydrogen) atoms. The quantitative estimate of drug-likeness (QED) is 0.518. The maximum atomic E-state index is 4.40. The molecule has 0 aliphatic rings. The molecule has 1 heterocycles. The van der Waals surface area contributed by atoms with Crippen molar-refractivity contribution >= 4 is 17.0 Å². The van der Waals surface area contributed by atoms with E-state index in [9.17, 15) is 0 Å². The van der Waals surface area contributed by atoms with Crippen LogP contribution in [-0.2, 0) is 0 Å². The molecular formula is C9H14N2S. The van der Waals surface area contributed by atoms with Crippen molar-refractivity contribution in [2.24, 2.45) is 5.10 Å². The van der Waals surface area contributed by atoms with E-state index in [4.69, 9.17) is 0 Å². The number of hydrazone groups is 1. The van der Waals surface area contributed by atoms with Gasteiger partial charge in [0.15, 0.2) is 0 Å². The van der Waals surface area contributed by atoms with Crippen LogP contribution in [0.1, 0.15) is 18.2 Å². The summed E-state index contributed by atoms with van der Waals surface area (Å²) in [6.07, 6.45) is 0.985. The molecule has 0 saturated heterocycles. The first-order chi connectivity index (χ1) is 5.74. The van der Waals surface area contributed by atoms with Gasteiger partial charge in [0.2, 0.25) is 0 Å². The Hall–Kier alpha value is -0.830. The number of hydrogen-bond acceptors (Lipinski definition) is 3. The lowest BCUT2D eigenvalue weighted by Gasteiger charge is -2.07. The van der Waals surface area contributed by atoms with Gasteiger partial charge in [-0.1, -0.05) is 13.0 Å². The Bertz CT molecular complexity index is 250. The molecule has 66 valence electrons. The zero-order valence-corrected chi connectivity index (χ0v) is 8.56. The van der Waals surface area contributed by atoms with Crippen LogP contribution < -0.4 is 0 Å². The highest BCUT2D eigenvalue weighted by Gasteiger charge is 2.01. The van der Waals surface area contributed by atoms with Crippen LogP contribution in [-0.4, -0.2) is 24.8 Å². The van der Waals surface area contributed by atoms with Crippen LogP contribution in [0, 0.1) is 0 Å². The van der Waals surface area contributed by atoms with E-state index in [0.717, 1.165) is 12.1 Å². The highest BCUT2D eigenvalue weighted by Crippen LogP contribution is 2.12. The number of thiophene rings is 1. The molecule has 1 rings (SSSR count). The van der Waals surface area contributed by atoms with E-state index in [1.54, 1.807) is 11.3 Å². The van der Waals surface area contributed by atoms with Gasteiger partial charge < -0.3 is 5.01 Å². The van der Waals surface area contributed by atoms with Gasteiger partial charge >= 0.3 is 0 Å². The molecule has 0 aliphatic carbocycles. The van der Waals surface area contributed by atoms with Crippen LogP contribution >= 0.6 is 11.3 Å². The molecular weight excluding hydrogens is 168 g/mol. The lowest BCUT2D eigenvalue weighted by molar-refractivity contribution is 0.437. The highest BCUT2D eigenvalue weighted by atomic mass is 32.1. The van der Waals surface area contributed by atoms with Gasteiger partial charge in [-0.3, -0.25) is 0 Å². The fourth-order valence-corrected chi connectivity index (χ4v) is 1.76. The predicted octanol–water partition coefficient (Wildman–Crippen LogP) is 2.42. The maximum absolute atomic E-state index is 4.40. The van der Waals surface area contributed by atoms with Gasteiger partial charge in [-0.15, -0.1) is 11.3 Å². The van der Waals surface area contributed by atoms with Crippen molar-refractivity contribution < 1.29 is 0 Å².